The number of hydrogen-bond acceptors (Lipinski definition) is 2. The third kappa shape index (κ3) is 2.27. The summed E-state index contributed by atoms with van der Waals surface area (Å²) in [4.78, 5) is 15.5. The number of aliphatic carboxylic acids is 1. The van der Waals surface area contributed by atoms with Crippen LogP contribution >= 0.6 is 11.3 Å². The van der Waals surface area contributed by atoms with Crippen LogP contribution in [0, 0.1) is 0 Å². The molecule has 0 saturated carbocycles. The summed E-state index contributed by atoms with van der Waals surface area (Å²) in [7, 11) is 0. The number of aromatic amines is 1. The maximum absolute atomic E-state index is 11.5. The van der Waals surface area contributed by atoms with Gasteiger partial charge in [-0.3, -0.25) is 4.79 Å². The van der Waals surface area contributed by atoms with Crippen molar-refractivity contribution in [2.45, 2.75) is 12.3 Å². The average molecular weight is 271 g/mol. The van der Waals surface area contributed by atoms with Crippen molar-refractivity contribution in [1.29, 1.82) is 0 Å². The van der Waals surface area contributed by atoms with Crippen LogP contribution in [0.5, 0.6) is 0 Å². The number of hydrogen-bond donors (Lipinski definition) is 2. The molecule has 1 atom stereocenters. The second-order valence-corrected chi connectivity index (χ2v) is 5.45. The summed E-state index contributed by atoms with van der Waals surface area (Å²) in [6.45, 7) is 0. The number of carbonyl (C=O) groups is 1. The van der Waals surface area contributed by atoms with Gasteiger partial charge in [0, 0.05) is 22.0 Å². The third-order valence-electron chi connectivity index (χ3n) is 3.28. The summed E-state index contributed by atoms with van der Waals surface area (Å²) in [5.74, 6) is -1.24. The SMILES string of the molecule is O=C(O)C(Cc1c[nH]c2ccccc12)c1cccs1. The van der Waals surface area contributed by atoms with Crippen molar-refractivity contribution in [3.05, 3.63) is 58.4 Å². The number of carboxylic acid groups (broad SMARTS) is 1. The maximum atomic E-state index is 11.5. The van der Waals surface area contributed by atoms with Crippen molar-refractivity contribution in [2.75, 3.05) is 0 Å². The molecule has 0 radical (unpaired) electrons. The number of para-hydroxylation sites is 1. The topological polar surface area (TPSA) is 53.1 Å². The molecule has 0 spiro atoms. The monoisotopic (exact) mass is 271 g/mol. The number of H-pyrrole nitrogens is 1. The van der Waals surface area contributed by atoms with Gasteiger partial charge in [0.25, 0.3) is 0 Å². The lowest BCUT2D eigenvalue weighted by atomic mass is 9.97. The molecule has 0 fully saturated rings. The standard InChI is InChI=1S/C15H13NO2S/c17-15(18)12(14-6-3-7-19-14)8-10-9-16-13-5-2-1-4-11(10)13/h1-7,9,12,16H,8H2,(H,17,18). The number of carboxylic acids is 1. The molecule has 0 bridgehead atoms. The summed E-state index contributed by atoms with van der Waals surface area (Å²) in [5, 5.41) is 12.4. The van der Waals surface area contributed by atoms with Gasteiger partial charge in [-0.1, -0.05) is 24.3 Å². The van der Waals surface area contributed by atoms with E-state index in [9.17, 15) is 9.90 Å². The largest absolute Gasteiger partial charge is 0.481 e. The molecule has 1 aromatic carbocycles. The van der Waals surface area contributed by atoms with Gasteiger partial charge < -0.3 is 10.1 Å². The zero-order valence-electron chi connectivity index (χ0n) is 10.2. The summed E-state index contributed by atoms with van der Waals surface area (Å²) in [5.41, 5.74) is 2.10. The molecule has 3 nitrogen and oxygen atoms in total. The van der Waals surface area contributed by atoms with E-state index in [1.54, 1.807) is 0 Å². The van der Waals surface area contributed by atoms with Gasteiger partial charge in [0.05, 0.1) is 5.92 Å². The number of fused-ring (bicyclic) bond motifs is 1. The van der Waals surface area contributed by atoms with E-state index >= 15 is 0 Å². The van der Waals surface area contributed by atoms with Gasteiger partial charge >= 0.3 is 5.97 Å². The lowest BCUT2D eigenvalue weighted by Crippen LogP contribution is -2.12. The van der Waals surface area contributed by atoms with Crippen molar-refractivity contribution in [3.63, 3.8) is 0 Å². The maximum Gasteiger partial charge on any atom is 0.312 e. The van der Waals surface area contributed by atoms with E-state index < -0.39 is 11.9 Å². The van der Waals surface area contributed by atoms with Gasteiger partial charge in [0.15, 0.2) is 0 Å². The molecule has 0 saturated heterocycles. The molecule has 1 unspecified atom stereocenters. The van der Waals surface area contributed by atoms with E-state index in [1.807, 2.05) is 48.0 Å². The highest BCUT2D eigenvalue weighted by Gasteiger charge is 2.22. The molecule has 0 aliphatic heterocycles. The quantitative estimate of drug-likeness (QED) is 0.761. The molecule has 0 aliphatic rings. The van der Waals surface area contributed by atoms with Crippen molar-refractivity contribution < 1.29 is 9.90 Å². The Labute approximate surface area is 114 Å². The highest BCUT2D eigenvalue weighted by Crippen LogP contribution is 2.28. The van der Waals surface area contributed by atoms with E-state index in [4.69, 9.17) is 0 Å². The zero-order chi connectivity index (χ0) is 13.2. The number of thiophene rings is 1. The first-order chi connectivity index (χ1) is 9.25. The molecular weight excluding hydrogens is 258 g/mol. The predicted octanol–water partition coefficient (Wildman–Crippen LogP) is 3.64. The van der Waals surface area contributed by atoms with Crippen LogP contribution in [0.3, 0.4) is 0 Å². The molecule has 2 N–H and O–H groups in total. The Hall–Kier alpha value is -2.07. The number of aromatic nitrogens is 1. The van der Waals surface area contributed by atoms with Gasteiger partial charge in [0.1, 0.15) is 0 Å². The van der Waals surface area contributed by atoms with Gasteiger partial charge in [-0.05, 0) is 29.5 Å². The van der Waals surface area contributed by atoms with Crippen LogP contribution in [0.15, 0.2) is 48.0 Å². The van der Waals surface area contributed by atoms with Crippen LogP contribution in [0.2, 0.25) is 0 Å². The summed E-state index contributed by atoms with van der Waals surface area (Å²) in [6.07, 6.45) is 2.42. The van der Waals surface area contributed by atoms with E-state index in [2.05, 4.69) is 4.98 Å². The highest BCUT2D eigenvalue weighted by molar-refractivity contribution is 7.10. The molecule has 3 rings (SSSR count). The van der Waals surface area contributed by atoms with Gasteiger partial charge in [-0.25, -0.2) is 0 Å². The minimum atomic E-state index is -0.771. The van der Waals surface area contributed by atoms with Crippen molar-refractivity contribution in [2.24, 2.45) is 0 Å². The first-order valence-electron chi connectivity index (χ1n) is 6.07. The summed E-state index contributed by atoms with van der Waals surface area (Å²) < 4.78 is 0. The Kier molecular flexibility index (Phi) is 3.09. The fourth-order valence-electron chi connectivity index (χ4n) is 2.32. The Bertz CT molecular complexity index is 700. The molecule has 3 aromatic rings. The predicted molar refractivity (Wildman–Crippen MR) is 76.7 cm³/mol. The van der Waals surface area contributed by atoms with Gasteiger partial charge in [-0.2, -0.15) is 0 Å². The Morgan fingerprint density at radius 2 is 2.11 bits per heavy atom. The molecule has 0 aliphatic carbocycles. The van der Waals surface area contributed by atoms with Crippen LogP contribution in [-0.4, -0.2) is 16.1 Å². The second kappa shape index (κ2) is 4.90. The van der Waals surface area contributed by atoms with Crippen LogP contribution in [0.1, 0.15) is 16.4 Å². The average Bonchev–Trinajstić information content (AvgIpc) is 3.05. The first-order valence-corrected chi connectivity index (χ1v) is 6.95. The lowest BCUT2D eigenvalue weighted by Gasteiger charge is -2.09. The third-order valence-corrected chi connectivity index (χ3v) is 4.27. The number of nitrogens with one attached hydrogen (secondary N) is 1. The van der Waals surface area contributed by atoms with E-state index in [-0.39, 0.29) is 0 Å². The van der Waals surface area contributed by atoms with Crippen LogP contribution in [0.25, 0.3) is 10.9 Å². The minimum Gasteiger partial charge on any atom is -0.481 e. The Balaban J connectivity index is 1.96. The van der Waals surface area contributed by atoms with Crippen molar-refractivity contribution >= 4 is 28.2 Å². The molecule has 4 heteroatoms. The van der Waals surface area contributed by atoms with Crippen LogP contribution in [-0.2, 0) is 11.2 Å². The van der Waals surface area contributed by atoms with Crippen LogP contribution < -0.4 is 0 Å². The number of rotatable bonds is 4. The molecule has 2 aromatic heterocycles. The molecule has 96 valence electrons. The molecular formula is C15H13NO2S. The molecule has 2 heterocycles. The fraction of sp³-hybridized carbons (Fsp3) is 0.133. The smallest absolute Gasteiger partial charge is 0.312 e. The van der Waals surface area contributed by atoms with Gasteiger partial charge in [0.2, 0.25) is 0 Å². The van der Waals surface area contributed by atoms with Crippen LogP contribution in [0.4, 0.5) is 0 Å². The van der Waals surface area contributed by atoms with E-state index in [1.165, 1.54) is 11.3 Å². The Morgan fingerprint density at radius 1 is 1.26 bits per heavy atom. The highest BCUT2D eigenvalue weighted by atomic mass is 32.1. The molecule has 19 heavy (non-hydrogen) atoms. The zero-order valence-corrected chi connectivity index (χ0v) is 11.0. The van der Waals surface area contributed by atoms with Crippen molar-refractivity contribution in [3.8, 4) is 0 Å². The minimum absolute atomic E-state index is 0.473. The summed E-state index contributed by atoms with van der Waals surface area (Å²) in [6, 6.07) is 11.7. The first kappa shape index (κ1) is 12.0. The fourth-order valence-corrected chi connectivity index (χ4v) is 3.14. The lowest BCUT2D eigenvalue weighted by molar-refractivity contribution is -0.138. The van der Waals surface area contributed by atoms with E-state index in [0.717, 1.165) is 21.3 Å². The number of benzene rings is 1. The normalized spacial score (nSPS) is 12.6. The Morgan fingerprint density at radius 3 is 2.84 bits per heavy atom. The molecule has 0 amide bonds. The second-order valence-electron chi connectivity index (χ2n) is 4.47. The van der Waals surface area contributed by atoms with E-state index in [0.29, 0.717) is 6.42 Å². The van der Waals surface area contributed by atoms with Crippen molar-refractivity contribution in [1.82, 2.24) is 4.98 Å². The van der Waals surface area contributed by atoms with Gasteiger partial charge in [-0.15, -0.1) is 11.3 Å². The summed E-state index contributed by atoms with van der Waals surface area (Å²) >= 11 is 1.50.